The number of carbonyl (C=O) groups is 1. The van der Waals surface area contributed by atoms with Gasteiger partial charge in [0.1, 0.15) is 5.75 Å². The van der Waals surface area contributed by atoms with Crippen LogP contribution >= 0.6 is 11.3 Å². The number of piperidine rings is 1. The molecule has 2 aliphatic rings. The van der Waals surface area contributed by atoms with Gasteiger partial charge in [-0.2, -0.15) is 0 Å². The molecule has 2 saturated heterocycles. The summed E-state index contributed by atoms with van der Waals surface area (Å²) in [5.41, 5.74) is 5.34. The monoisotopic (exact) mass is 547 g/mol. The number of amides is 1. The first-order valence-corrected chi connectivity index (χ1v) is 15.0. The molecular weight excluding hydrogens is 506 g/mol. The molecule has 0 radical (unpaired) electrons. The molecular formula is C31H41N5O2S. The van der Waals surface area contributed by atoms with Crippen LogP contribution in [0.1, 0.15) is 30.5 Å². The second kappa shape index (κ2) is 13.4. The fourth-order valence-corrected chi connectivity index (χ4v) is 6.73. The maximum atomic E-state index is 13.1. The van der Waals surface area contributed by atoms with E-state index >= 15 is 0 Å². The van der Waals surface area contributed by atoms with Gasteiger partial charge in [0.2, 0.25) is 5.91 Å². The first-order valence-electron chi connectivity index (χ1n) is 14.1. The number of hydrogen-bond acceptors (Lipinski definition) is 7. The first-order chi connectivity index (χ1) is 19.1. The number of thiazole rings is 1. The second-order valence-corrected chi connectivity index (χ2v) is 11.5. The van der Waals surface area contributed by atoms with Crippen LogP contribution in [-0.4, -0.2) is 85.1 Å². The minimum Gasteiger partial charge on any atom is -0.495 e. The van der Waals surface area contributed by atoms with Crippen molar-refractivity contribution in [3.63, 3.8) is 0 Å². The molecule has 1 amide bonds. The topological polar surface area (TPSA) is 52.2 Å². The third-order valence-corrected chi connectivity index (χ3v) is 8.91. The van der Waals surface area contributed by atoms with Crippen molar-refractivity contribution >= 4 is 22.9 Å². The largest absolute Gasteiger partial charge is 0.495 e. The lowest BCUT2D eigenvalue weighted by molar-refractivity contribution is -0.131. The molecule has 2 fully saturated rings. The van der Waals surface area contributed by atoms with Crippen LogP contribution in [0, 0.1) is 5.92 Å². The van der Waals surface area contributed by atoms with Crippen molar-refractivity contribution in [3.8, 4) is 5.75 Å². The van der Waals surface area contributed by atoms with E-state index in [9.17, 15) is 4.79 Å². The minimum absolute atomic E-state index is 0.211. The quantitative estimate of drug-likeness (QED) is 0.370. The molecule has 0 spiro atoms. The second-order valence-electron chi connectivity index (χ2n) is 10.8. The summed E-state index contributed by atoms with van der Waals surface area (Å²) in [6.07, 6.45) is 2.65. The summed E-state index contributed by atoms with van der Waals surface area (Å²) in [6.45, 7) is 7.75. The van der Waals surface area contributed by atoms with E-state index in [4.69, 9.17) is 4.74 Å². The van der Waals surface area contributed by atoms with Gasteiger partial charge in [0.05, 0.1) is 30.5 Å². The lowest BCUT2D eigenvalue weighted by Crippen LogP contribution is -2.56. The highest BCUT2D eigenvalue weighted by molar-refractivity contribution is 7.07. The summed E-state index contributed by atoms with van der Waals surface area (Å²) < 4.78 is 5.63. The number of carbonyl (C=O) groups excluding carboxylic acids is 1. The predicted octanol–water partition coefficient (Wildman–Crippen LogP) is 4.60. The lowest BCUT2D eigenvalue weighted by Gasteiger charge is -2.47. The number of aromatic nitrogens is 1. The molecule has 8 heteroatoms. The van der Waals surface area contributed by atoms with Gasteiger partial charge in [-0.1, -0.05) is 42.5 Å². The molecule has 5 rings (SSSR count). The number of benzene rings is 2. The predicted molar refractivity (Wildman–Crippen MR) is 158 cm³/mol. The van der Waals surface area contributed by atoms with Crippen molar-refractivity contribution in [3.05, 3.63) is 76.7 Å². The molecule has 0 N–H and O–H groups in total. The molecule has 3 heterocycles. The number of likely N-dealkylation sites (tertiary alicyclic amines) is 1. The molecule has 3 aromatic rings. The fourth-order valence-electron chi connectivity index (χ4n) is 6.18. The van der Waals surface area contributed by atoms with Gasteiger partial charge in [-0.3, -0.25) is 14.6 Å². The Labute approximate surface area is 237 Å². The Balaban J connectivity index is 1.22. The van der Waals surface area contributed by atoms with Crippen LogP contribution < -0.4 is 9.64 Å². The van der Waals surface area contributed by atoms with Crippen LogP contribution in [0.5, 0.6) is 5.75 Å². The summed E-state index contributed by atoms with van der Waals surface area (Å²) in [6, 6.07) is 19.6. The van der Waals surface area contributed by atoms with Crippen molar-refractivity contribution in [2.24, 2.45) is 5.92 Å². The van der Waals surface area contributed by atoms with Crippen LogP contribution in [0.25, 0.3) is 0 Å². The zero-order chi connectivity index (χ0) is 27.0. The van der Waals surface area contributed by atoms with E-state index in [0.717, 1.165) is 70.1 Å². The van der Waals surface area contributed by atoms with Crippen LogP contribution in [0.3, 0.4) is 0 Å². The van der Waals surface area contributed by atoms with E-state index in [0.29, 0.717) is 24.9 Å². The van der Waals surface area contributed by atoms with Crippen molar-refractivity contribution < 1.29 is 9.53 Å². The molecule has 0 unspecified atom stereocenters. The van der Waals surface area contributed by atoms with E-state index < -0.39 is 0 Å². The molecule has 0 bridgehead atoms. The molecule has 0 saturated carbocycles. The lowest BCUT2D eigenvalue weighted by atomic mass is 9.86. The molecule has 0 aliphatic carbocycles. The molecule has 7 nitrogen and oxygen atoms in total. The number of anilines is 1. The average Bonchev–Trinajstić information content (AvgIpc) is 3.49. The van der Waals surface area contributed by atoms with Crippen molar-refractivity contribution in [1.82, 2.24) is 19.7 Å². The fraction of sp³-hybridized carbons (Fsp3) is 0.484. The SMILES string of the molecule is COc1ccccc1N1CCN([C@H]2CCN(Cc3ccccc3)C[C@H]2CCC(=O)N(C)Cc2cscn2)CC1. The highest BCUT2D eigenvalue weighted by Crippen LogP contribution is 2.32. The maximum Gasteiger partial charge on any atom is 0.222 e. The normalized spacial score (nSPS) is 20.6. The third kappa shape index (κ3) is 7.18. The van der Waals surface area contributed by atoms with Gasteiger partial charge >= 0.3 is 0 Å². The molecule has 1 aromatic heterocycles. The summed E-state index contributed by atoms with van der Waals surface area (Å²) in [7, 11) is 3.65. The Morgan fingerprint density at radius 3 is 2.56 bits per heavy atom. The van der Waals surface area contributed by atoms with Crippen LogP contribution in [0.4, 0.5) is 5.69 Å². The molecule has 39 heavy (non-hydrogen) atoms. The van der Waals surface area contributed by atoms with Gasteiger partial charge in [-0.05, 0) is 43.0 Å². The number of ether oxygens (including phenoxy) is 1. The van der Waals surface area contributed by atoms with Gasteiger partial charge in [0.15, 0.2) is 0 Å². The Bertz CT molecular complexity index is 1170. The minimum atomic E-state index is 0.211. The number of rotatable bonds is 10. The molecule has 2 atom stereocenters. The third-order valence-electron chi connectivity index (χ3n) is 8.27. The van der Waals surface area contributed by atoms with Crippen LogP contribution in [-0.2, 0) is 17.9 Å². The van der Waals surface area contributed by atoms with E-state index in [1.165, 1.54) is 11.3 Å². The highest BCUT2D eigenvalue weighted by Gasteiger charge is 2.35. The standard InChI is InChI=1S/C31H41N5O2S/c1-33(22-27-23-39-24-32-27)31(37)13-12-26-21-34(20-25-8-4-3-5-9-25)15-14-28(26)35-16-18-36(19-17-35)29-10-6-7-11-30(29)38-2/h3-11,23-24,26,28H,12-22H2,1-2H3/t26-,28+/m1/s1. The Hall–Kier alpha value is -2.94. The van der Waals surface area contributed by atoms with E-state index in [2.05, 4.69) is 62.1 Å². The maximum absolute atomic E-state index is 13.1. The smallest absolute Gasteiger partial charge is 0.222 e. The average molecular weight is 548 g/mol. The van der Waals surface area contributed by atoms with Gasteiger partial charge in [0.25, 0.3) is 0 Å². The van der Waals surface area contributed by atoms with E-state index in [1.54, 1.807) is 18.4 Å². The summed E-state index contributed by atoms with van der Waals surface area (Å²) in [4.78, 5) is 27.0. The number of para-hydroxylation sites is 2. The number of methoxy groups -OCH3 is 1. The van der Waals surface area contributed by atoms with Gasteiger partial charge in [0, 0.05) is 64.2 Å². The Morgan fingerprint density at radius 1 is 1.05 bits per heavy atom. The zero-order valence-corrected chi connectivity index (χ0v) is 24.1. The highest BCUT2D eigenvalue weighted by atomic mass is 32.1. The van der Waals surface area contributed by atoms with Gasteiger partial charge in [-0.15, -0.1) is 11.3 Å². The van der Waals surface area contributed by atoms with Crippen LogP contribution in [0.2, 0.25) is 0 Å². The zero-order valence-electron chi connectivity index (χ0n) is 23.2. The van der Waals surface area contributed by atoms with Crippen molar-refractivity contribution in [1.29, 1.82) is 0 Å². The number of hydrogen-bond donors (Lipinski definition) is 0. The van der Waals surface area contributed by atoms with E-state index in [-0.39, 0.29) is 5.91 Å². The molecule has 208 valence electrons. The number of piperazine rings is 1. The van der Waals surface area contributed by atoms with Crippen molar-refractivity contribution in [2.75, 3.05) is 58.3 Å². The number of nitrogens with zero attached hydrogens (tertiary/aromatic N) is 5. The summed E-state index contributed by atoms with van der Waals surface area (Å²) in [5, 5.41) is 2.02. The molecule has 2 aliphatic heterocycles. The van der Waals surface area contributed by atoms with Gasteiger partial charge in [-0.25, -0.2) is 4.98 Å². The van der Waals surface area contributed by atoms with Crippen molar-refractivity contribution in [2.45, 2.75) is 38.4 Å². The van der Waals surface area contributed by atoms with E-state index in [1.807, 2.05) is 35.0 Å². The molecule has 2 aromatic carbocycles. The van der Waals surface area contributed by atoms with Crippen LogP contribution in [0.15, 0.2) is 65.5 Å². The summed E-state index contributed by atoms with van der Waals surface area (Å²) >= 11 is 1.58. The Morgan fingerprint density at radius 2 is 1.82 bits per heavy atom. The first kappa shape index (κ1) is 27.6. The Kier molecular flexibility index (Phi) is 9.50. The summed E-state index contributed by atoms with van der Waals surface area (Å²) in [5.74, 6) is 1.62. The van der Waals surface area contributed by atoms with Gasteiger partial charge < -0.3 is 14.5 Å².